The molecule has 3 nitrogen and oxygen atoms in total. The van der Waals surface area contributed by atoms with Gasteiger partial charge >= 0.3 is 0 Å². The van der Waals surface area contributed by atoms with Crippen molar-refractivity contribution in [2.24, 2.45) is 0 Å². The Labute approximate surface area is 118 Å². The Morgan fingerprint density at radius 2 is 2.11 bits per heavy atom. The van der Waals surface area contributed by atoms with E-state index in [2.05, 4.69) is 0 Å². The van der Waals surface area contributed by atoms with Crippen LogP contribution >= 0.6 is 35.1 Å². The highest BCUT2D eigenvalue weighted by Crippen LogP contribution is 2.44. The Morgan fingerprint density at radius 3 is 2.83 bits per heavy atom. The van der Waals surface area contributed by atoms with Crippen molar-refractivity contribution in [3.63, 3.8) is 0 Å². The van der Waals surface area contributed by atoms with Gasteiger partial charge in [0.15, 0.2) is 6.23 Å². The van der Waals surface area contributed by atoms with E-state index in [1.165, 1.54) is 16.7 Å². The van der Waals surface area contributed by atoms with Gasteiger partial charge in [-0.1, -0.05) is 17.7 Å². The fraction of sp³-hybridized carbons (Fsp3) is 0.250. The van der Waals surface area contributed by atoms with E-state index in [1.807, 2.05) is 0 Å². The lowest BCUT2D eigenvalue weighted by atomic mass is 10.3. The van der Waals surface area contributed by atoms with Crippen LogP contribution in [0.25, 0.3) is 0 Å². The maximum atomic E-state index is 12.3. The van der Waals surface area contributed by atoms with Gasteiger partial charge in [0.2, 0.25) is 0 Å². The molecule has 0 saturated heterocycles. The third-order valence-electron chi connectivity index (χ3n) is 2.79. The molecule has 0 radical (unpaired) electrons. The van der Waals surface area contributed by atoms with Gasteiger partial charge in [0.25, 0.3) is 5.91 Å². The van der Waals surface area contributed by atoms with Crippen LogP contribution in [0.4, 0.5) is 5.69 Å². The highest BCUT2D eigenvalue weighted by molar-refractivity contribution is 8.10. The summed E-state index contributed by atoms with van der Waals surface area (Å²) in [5.41, 5.74) is 0.635. The summed E-state index contributed by atoms with van der Waals surface area (Å²) in [5, 5.41) is 10.8. The molecule has 3 rings (SSSR count). The van der Waals surface area contributed by atoms with Crippen LogP contribution in [0.5, 0.6) is 0 Å². The van der Waals surface area contributed by atoms with E-state index in [9.17, 15) is 9.90 Å². The van der Waals surface area contributed by atoms with Crippen LogP contribution in [0.3, 0.4) is 0 Å². The minimum absolute atomic E-state index is 0.128. The van der Waals surface area contributed by atoms with Crippen molar-refractivity contribution in [2.45, 2.75) is 6.23 Å². The molecule has 2 aliphatic rings. The number of nitrogens with zero attached hydrogens (tertiary/aromatic N) is 1. The summed E-state index contributed by atoms with van der Waals surface area (Å²) >= 11 is 9.01. The molecule has 6 heteroatoms. The second kappa shape index (κ2) is 4.81. The molecule has 0 fully saturated rings. The average Bonchev–Trinajstić information content (AvgIpc) is 2.63. The highest BCUT2D eigenvalue weighted by Gasteiger charge is 2.40. The van der Waals surface area contributed by atoms with Crippen LogP contribution < -0.4 is 4.90 Å². The van der Waals surface area contributed by atoms with Gasteiger partial charge in [-0.25, -0.2) is 0 Å². The first-order chi connectivity index (χ1) is 8.68. The molecule has 2 heterocycles. The molecule has 94 valence electrons. The summed E-state index contributed by atoms with van der Waals surface area (Å²) in [6, 6.07) is 6.99. The Morgan fingerprint density at radius 1 is 1.33 bits per heavy atom. The Hall–Kier alpha value is -0.620. The number of anilines is 1. The third kappa shape index (κ3) is 1.95. The summed E-state index contributed by atoms with van der Waals surface area (Å²) in [5.74, 6) is 1.71. The zero-order valence-corrected chi connectivity index (χ0v) is 11.7. The van der Waals surface area contributed by atoms with Crippen molar-refractivity contribution in [3.05, 3.63) is 39.1 Å². The third-order valence-corrected chi connectivity index (χ3v) is 5.64. The predicted molar refractivity (Wildman–Crippen MR) is 76.9 cm³/mol. The number of halogens is 1. The van der Waals surface area contributed by atoms with E-state index < -0.39 is 6.23 Å². The van der Waals surface area contributed by atoms with Crippen LogP contribution in [0.1, 0.15) is 0 Å². The molecule has 1 aromatic carbocycles. The SMILES string of the molecule is O=C1C2=C(SCCS2)C(O)N1c1cccc(Cl)c1. The average molecular weight is 300 g/mol. The number of benzene rings is 1. The number of thioether (sulfide) groups is 2. The molecule has 1 unspecified atom stereocenters. The number of rotatable bonds is 1. The van der Waals surface area contributed by atoms with Crippen LogP contribution in [0.15, 0.2) is 34.1 Å². The van der Waals surface area contributed by atoms with Gasteiger partial charge in [0.05, 0.1) is 9.81 Å². The van der Waals surface area contributed by atoms with Gasteiger partial charge in [-0.15, -0.1) is 23.5 Å². The first kappa shape index (κ1) is 12.4. The lowest BCUT2D eigenvalue weighted by Gasteiger charge is -2.22. The molecule has 0 spiro atoms. The molecule has 1 aromatic rings. The summed E-state index contributed by atoms with van der Waals surface area (Å²) < 4.78 is 0. The number of carbonyl (C=O) groups excluding carboxylic acids is 1. The van der Waals surface area contributed by atoms with Crippen molar-refractivity contribution in [1.82, 2.24) is 0 Å². The second-order valence-electron chi connectivity index (χ2n) is 3.92. The van der Waals surface area contributed by atoms with Crippen molar-refractivity contribution < 1.29 is 9.90 Å². The van der Waals surface area contributed by atoms with Gasteiger partial charge in [-0.3, -0.25) is 9.69 Å². The normalized spacial score (nSPS) is 23.6. The number of amides is 1. The van der Waals surface area contributed by atoms with E-state index in [-0.39, 0.29) is 5.91 Å². The zero-order valence-electron chi connectivity index (χ0n) is 9.30. The van der Waals surface area contributed by atoms with E-state index in [1.54, 1.807) is 36.0 Å². The Bertz CT molecular complexity index is 547. The Kier molecular flexibility index (Phi) is 3.32. The standard InChI is InChI=1S/C12H10ClNO2S2/c13-7-2-1-3-8(6-7)14-11(15)9-10(12(14)16)18-5-4-17-9/h1-3,6,11,15H,4-5H2. The number of hydrogen-bond acceptors (Lipinski definition) is 4. The summed E-state index contributed by atoms with van der Waals surface area (Å²) in [7, 11) is 0. The number of aliphatic hydroxyl groups excluding tert-OH is 1. The summed E-state index contributed by atoms with van der Waals surface area (Å²) in [6.07, 6.45) is -0.872. The second-order valence-corrected chi connectivity index (χ2v) is 6.60. The molecule has 0 saturated carbocycles. The first-order valence-electron chi connectivity index (χ1n) is 5.45. The summed E-state index contributed by atoms with van der Waals surface area (Å²) in [4.78, 5) is 15.2. The topological polar surface area (TPSA) is 40.5 Å². The maximum Gasteiger partial charge on any atom is 0.268 e. The van der Waals surface area contributed by atoms with Crippen LogP contribution in [-0.4, -0.2) is 28.7 Å². The minimum atomic E-state index is -0.872. The fourth-order valence-corrected chi connectivity index (χ4v) is 4.58. The van der Waals surface area contributed by atoms with Gasteiger partial charge in [0.1, 0.15) is 0 Å². The number of hydrogen-bond donors (Lipinski definition) is 1. The van der Waals surface area contributed by atoms with Crippen molar-refractivity contribution in [3.8, 4) is 0 Å². The van der Waals surface area contributed by atoms with Crippen molar-refractivity contribution in [1.29, 1.82) is 0 Å². The molecule has 1 N–H and O–H groups in total. The lowest BCUT2D eigenvalue weighted by Crippen LogP contribution is -2.35. The molecular weight excluding hydrogens is 290 g/mol. The molecule has 2 aliphatic heterocycles. The Balaban J connectivity index is 1.99. The van der Waals surface area contributed by atoms with E-state index in [4.69, 9.17) is 11.6 Å². The van der Waals surface area contributed by atoms with Crippen molar-refractivity contribution in [2.75, 3.05) is 16.4 Å². The molecular formula is C12H10ClNO2S2. The monoisotopic (exact) mass is 299 g/mol. The number of carbonyl (C=O) groups is 1. The molecule has 18 heavy (non-hydrogen) atoms. The molecule has 1 atom stereocenters. The minimum Gasteiger partial charge on any atom is -0.368 e. The maximum absolute atomic E-state index is 12.3. The smallest absolute Gasteiger partial charge is 0.268 e. The van der Waals surface area contributed by atoms with Gasteiger partial charge in [-0.05, 0) is 18.2 Å². The zero-order chi connectivity index (χ0) is 12.7. The first-order valence-corrected chi connectivity index (χ1v) is 7.80. The molecule has 0 bridgehead atoms. The predicted octanol–water partition coefficient (Wildman–Crippen LogP) is 2.70. The van der Waals surface area contributed by atoms with Gasteiger partial charge < -0.3 is 5.11 Å². The quantitative estimate of drug-likeness (QED) is 0.865. The summed E-state index contributed by atoms with van der Waals surface area (Å²) in [6.45, 7) is 0. The van der Waals surface area contributed by atoms with Crippen molar-refractivity contribution >= 4 is 46.7 Å². The largest absolute Gasteiger partial charge is 0.368 e. The highest BCUT2D eigenvalue weighted by atomic mass is 35.5. The van der Waals surface area contributed by atoms with E-state index in [0.29, 0.717) is 15.6 Å². The fourth-order valence-electron chi connectivity index (χ4n) is 2.01. The molecule has 0 aliphatic carbocycles. The lowest BCUT2D eigenvalue weighted by molar-refractivity contribution is -0.114. The molecule has 1 amide bonds. The van der Waals surface area contributed by atoms with Crippen LogP contribution in [-0.2, 0) is 4.79 Å². The van der Waals surface area contributed by atoms with E-state index >= 15 is 0 Å². The van der Waals surface area contributed by atoms with E-state index in [0.717, 1.165) is 16.4 Å². The van der Waals surface area contributed by atoms with Gasteiger partial charge in [0, 0.05) is 22.2 Å². The van der Waals surface area contributed by atoms with Crippen LogP contribution in [0.2, 0.25) is 5.02 Å². The number of aliphatic hydroxyl groups is 1. The molecule has 0 aromatic heterocycles. The van der Waals surface area contributed by atoms with Gasteiger partial charge in [-0.2, -0.15) is 0 Å². The van der Waals surface area contributed by atoms with Crippen LogP contribution in [0, 0.1) is 0 Å².